The van der Waals surface area contributed by atoms with E-state index in [1.54, 1.807) is 0 Å². The van der Waals surface area contributed by atoms with E-state index < -0.39 is 0 Å². The second-order valence-electron chi connectivity index (χ2n) is 9.84. The first-order valence-corrected chi connectivity index (χ1v) is 12.3. The summed E-state index contributed by atoms with van der Waals surface area (Å²) < 4.78 is 5.88. The number of rotatable bonds is 3. The number of imide groups is 1. The molecule has 6 rings (SSSR count). The number of hydrogen-bond acceptors (Lipinski definition) is 5. The molecule has 3 aliphatic heterocycles. The maximum atomic E-state index is 13.4. The molecule has 7 heteroatoms. The highest BCUT2D eigenvalue weighted by molar-refractivity contribution is 7.17. The van der Waals surface area contributed by atoms with E-state index in [1.165, 1.54) is 21.1 Å². The summed E-state index contributed by atoms with van der Waals surface area (Å²) in [6.45, 7) is 2.23. The second kappa shape index (κ2) is 6.89. The Balaban J connectivity index is 1.40. The van der Waals surface area contributed by atoms with E-state index in [2.05, 4.69) is 12.2 Å². The van der Waals surface area contributed by atoms with Crippen LogP contribution >= 0.6 is 11.3 Å². The third-order valence-corrected chi connectivity index (χ3v) is 9.14. The average molecular weight is 429 g/mol. The maximum Gasteiger partial charge on any atom is 0.254 e. The number of fused-ring (bicyclic) bond motifs is 6. The standard InChI is InChI=1S/C23H28N2O4S/c1-11-6-7-13-16(10-11)30-23(17(13)20(26)24-12-4-2-3-5-12)25-21(27)18-14-8-9-15(29-14)19(18)22(25)28/h11-12,14-15,18-19H,2-10H2,1H3,(H,24,26)/t11-,14-,15+,18+,19-/m0/s1. The van der Waals surface area contributed by atoms with Gasteiger partial charge >= 0.3 is 0 Å². The molecule has 0 unspecified atom stereocenters. The highest BCUT2D eigenvalue weighted by Crippen LogP contribution is 2.52. The van der Waals surface area contributed by atoms with Crippen molar-refractivity contribution in [1.29, 1.82) is 0 Å². The first-order chi connectivity index (χ1) is 14.5. The summed E-state index contributed by atoms with van der Waals surface area (Å²) in [5.41, 5.74) is 1.67. The number of carbonyl (C=O) groups is 3. The van der Waals surface area contributed by atoms with Crippen LogP contribution in [-0.2, 0) is 27.2 Å². The number of carbonyl (C=O) groups excluding carboxylic acids is 3. The van der Waals surface area contributed by atoms with Crippen LogP contribution < -0.4 is 10.2 Å². The molecule has 160 valence electrons. The molecule has 5 atom stereocenters. The van der Waals surface area contributed by atoms with Crippen LogP contribution in [0.5, 0.6) is 0 Å². The van der Waals surface area contributed by atoms with Gasteiger partial charge in [-0.2, -0.15) is 0 Å². The van der Waals surface area contributed by atoms with E-state index in [4.69, 9.17) is 4.74 Å². The zero-order valence-electron chi connectivity index (χ0n) is 17.3. The van der Waals surface area contributed by atoms with E-state index >= 15 is 0 Å². The van der Waals surface area contributed by atoms with Gasteiger partial charge in [0.25, 0.3) is 5.91 Å². The molecule has 0 radical (unpaired) electrons. The van der Waals surface area contributed by atoms with Crippen molar-refractivity contribution >= 4 is 34.1 Å². The lowest BCUT2D eigenvalue weighted by Gasteiger charge is -2.21. The number of hydrogen-bond donors (Lipinski definition) is 1. The minimum Gasteiger partial charge on any atom is -0.373 e. The second-order valence-corrected chi connectivity index (χ2v) is 10.9. The van der Waals surface area contributed by atoms with Crippen LogP contribution in [-0.4, -0.2) is 36.0 Å². The number of thiophene rings is 1. The van der Waals surface area contributed by atoms with Crippen molar-refractivity contribution in [2.24, 2.45) is 17.8 Å². The Morgan fingerprint density at radius 2 is 1.70 bits per heavy atom. The Bertz CT molecular complexity index is 906. The molecule has 0 spiro atoms. The molecule has 2 aliphatic carbocycles. The van der Waals surface area contributed by atoms with Crippen molar-refractivity contribution in [3.05, 3.63) is 16.0 Å². The van der Waals surface area contributed by atoms with E-state index in [0.29, 0.717) is 16.5 Å². The lowest BCUT2D eigenvalue weighted by molar-refractivity contribution is -0.124. The Hall–Kier alpha value is -1.73. The molecule has 1 saturated carbocycles. The molecule has 1 aromatic rings. The Morgan fingerprint density at radius 1 is 1.03 bits per heavy atom. The quantitative estimate of drug-likeness (QED) is 0.750. The third-order valence-electron chi connectivity index (χ3n) is 7.90. The van der Waals surface area contributed by atoms with Crippen molar-refractivity contribution in [3.63, 3.8) is 0 Å². The van der Waals surface area contributed by atoms with Crippen LogP contribution in [0.3, 0.4) is 0 Å². The minimum atomic E-state index is -0.361. The van der Waals surface area contributed by atoms with Gasteiger partial charge in [0, 0.05) is 10.9 Å². The Kier molecular flexibility index (Phi) is 4.36. The SMILES string of the molecule is C[C@H]1CCc2c(sc(N3C(=O)[C@@H]4[C@H](C3=O)[C@@H]3CC[C@H]4O3)c2C(=O)NC2CCCC2)C1. The molecule has 3 saturated heterocycles. The predicted octanol–water partition coefficient (Wildman–Crippen LogP) is 3.21. The Labute approximate surface area is 180 Å². The number of nitrogens with one attached hydrogen (secondary N) is 1. The number of ether oxygens (including phenoxy) is 1. The normalized spacial score (nSPS) is 35.2. The zero-order valence-corrected chi connectivity index (χ0v) is 18.1. The first-order valence-electron chi connectivity index (χ1n) is 11.5. The van der Waals surface area contributed by atoms with Gasteiger partial charge in [-0.1, -0.05) is 19.8 Å². The third kappa shape index (κ3) is 2.67. The van der Waals surface area contributed by atoms with Gasteiger partial charge in [0.1, 0.15) is 5.00 Å². The molecule has 0 aromatic carbocycles. The van der Waals surface area contributed by atoms with Crippen molar-refractivity contribution in [2.45, 2.75) is 83.0 Å². The van der Waals surface area contributed by atoms with E-state index in [1.807, 2.05) is 0 Å². The topological polar surface area (TPSA) is 75.7 Å². The molecule has 1 aromatic heterocycles. The van der Waals surface area contributed by atoms with Crippen LogP contribution in [0.15, 0.2) is 0 Å². The molecule has 1 N–H and O–H groups in total. The van der Waals surface area contributed by atoms with Crippen LogP contribution in [0.4, 0.5) is 5.00 Å². The first kappa shape index (κ1) is 19.0. The van der Waals surface area contributed by atoms with Crippen LogP contribution in [0, 0.1) is 17.8 Å². The summed E-state index contributed by atoms with van der Waals surface area (Å²) in [5, 5.41) is 3.79. The lowest BCUT2D eigenvalue weighted by Crippen LogP contribution is -2.37. The molecule has 30 heavy (non-hydrogen) atoms. The van der Waals surface area contributed by atoms with Crippen molar-refractivity contribution in [3.8, 4) is 0 Å². The largest absolute Gasteiger partial charge is 0.373 e. The average Bonchev–Trinajstić information content (AvgIpc) is 3.51. The molecule has 4 heterocycles. The Morgan fingerprint density at radius 3 is 2.37 bits per heavy atom. The van der Waals surface area contributed by atoms with Crippen LogP contribution in [0.25, 0.3) is 0 Å². The fourth-order valence-electron chi connectivity index (χ4n) is 6.37. The number of nitrogens with zero attached hydrogens (tertiary/aromatic N) is 1. The van der Waals surface area contributed by atoms with Crippen molar-refractivity contribution < 1.29 is 19.1 Å². The van der Waals surface area contributed by atoms with Crippen molar-refractivity contribution in [2.75, 3.05) is 4.90 Å². The maximum absolute atomic E-state index is 13.4. The molecule has 4 fully saturated rings. The number of anilines is 1. The van der Waals surface area contributed by atoms with Gasteiger partial charge in [0.15, 0.2) is 0 Å². The lowest BCUT2D eigenvalue weighted by atomic mass is 9.81. The predicted molar refractivity (Wildman–Crippen MR) is 113 cm³/mol. The summed E-state index contributed by atoms with van der Waals surface area (Å²) in [6.07, 6.45) is 8.56. The molecule has 3 amide bonds. The molecular formula is C23H28N2O4S. The summed E-state index contributed by atoms with van der Waals surface area (Å²) >= 11 is 1.50. The number of amides is 3. The zero-order chi connectivity index (χ0) is 20.6. The summed E-state index contributed by atoms with van der Waals surface area (Å²) in [5.74, 6) is -0.568. The van der Waals surface area contributed by atoms with Gasteiger partial charge in [-0.05, 0) is 56.4 Å². The van der Waals surface area contributed by atoms with E-state index in [9.17, 15) is 14.4 Å². The molecule has 5 aliphatic rings. The van der Waals surface area contributed by atoms with Crippen molar-refractivity contribution in [1.82, 2.24) is 5.32 Å². The molecular weight excluding hydrogens is 400 g/mol. The minimum absolute atomic E-state index is 0.0964. The van der Waals surface area contributed by atoms with Crippen LogP contribution in [0.1, 0.15) is 72.7 Å². The summed E-state index contributed by atoms with van der Waals surface area (Å²) in [4.78, 5) is 42.7. The highest BCUT2D eigenvalue weighted by atomic mass is 32.1. The van der Waals surface area contributed by atoms with Gasteiger partial charge in [0.05, 0.1) is 29.6 Å². The molecule has 2 bridgehead atoms. The van der Waals surface area contributed by atoms with Gasteiger partial charge in [-0.15, -0.1) is 11.3 Å². The summed E-state index contributed by atoms with van der Waals surface area (Å²) in [6, 6.07) is 0.206. The fraction of sp³-hybridized carbons (Fsp3) is 0.696. The van der Waals surface area contributed by atoms with E-state index in [0.717, 1.165) is 63.4 Å². The van der Waals surface area contributed by atoms with Gasteiger partial charge in [-0.25, -0.2) is 4.90 Å². The fourth-order valence-corrected chi connectivity index (χ4v) is 7.89. The monoisotopic (exact) mass is 428 g/mol. The van der Waals surface area contributed by atoms with Gasteiger partial charge < -0.3 is 10.1 Å². The molecule has 6 nitrogen and oxygen atoms in total. The van der Waals surface area contributed by atoms with Gasteiger partial charge in [-0.3, -0.25) is 14.4 Å². The highest BCUT2D eigenvalue weighted by Gasteiger charge is 2.63. The van der Waals surface area contributed by atoms with E-state index in [-0.39, 0.29) is 47.8 Å². The van der Waals surface area contributed by atoms with Crippen LogP contribution in [0.2, 0.25) is 0 Å². The van der Waals surface area contributed by atoms with Gasteiger partial charge in [0.2, 0.25) is 11.8 Å². The summed E-state index contributed by atoms with van der Waals surface area (Å²) in [7, 11) is 0. The smallest absolute Gasteiger partial charge is 0.254 e.